The molecule has 120 valence electrons. The molecule has 0 atom stereocenters. The fourth-order valence-electron chi connectivity index (χ4n) is 1.72. The zero-order valence-corrected chi connectivity index (χ0v) is 12.9. The molecule has 0 unspecified atom stereocenters. The van der Waals surface area contributed by atoms with Crippen molar-refractivity contribution >= 4 is 33.5 Å². The quantitative estimate of drug-likeness (QED) is 0.464. The van der Waals surface area contributed by atoms with E-state index in [0.717, 1.165) is 16.6 Å². The van der Waals surface area contributed by atoms with Gasteiger partial charge in [0.25, 0.3) is 5.69 Å². The van der Waals surface area contributed by atoms with Crippen LogP contribution in [0.4, 0.5) is 24.5 Å². The molecule has 0 spiro atoms. The van der Waals surface area contributed by atoms with Gasteiger partial charge in [-0.05, 0) is 29.8 Å². The zero-order valence-electron chi connectivity index (χ0n) is 11.3. The molecule has 0 aliphatic heterocycles. The maximum Gasteiger partial charge on any atom is 0.416 e. The van der Waals surface area contributed by atoms with Crippen LogP contribution in [0.2, 0.25) is 0 Å². The summed E-state index contributed by atoms with van der Waals surface area (Å²) in [7, 11) is 0. The van der Waals surface area contributed by atoms with Gasteiger partial charge in [0.1, 0.15) is 5.69 Å². The monoisotopic (exact) mass is 387 g/mol. The van der Waals surface area contributed by atoms with Gasteiger partial charge in [-0.2, -0.15) is 18.3 Å². The summed E-state index contributed by atoms with van der Waals surface area (Å²) >= 11 is 3.28. The lowest BCUT2D eigenvalue weighted by Crippen LogP contribution is -2.06. The number of nitrogens with one attached hydrogen (secondary N) is 1. The Morgan fingerprint density at radius 2 is 1.96 bits per heavy atom. The highest BCUT2D eigenvalue weighted by atomic mass is 79.9. The van der Waals surface area contributed by atoms with E-state index >= 15 is 0 Å². The Hall–Kier alpha value is -2.42. The zero-order chi connectivity index (χ0) is 17.0. The molecule has 2 aromatic carbocycles. The van der Waals surface area contributed by atoms with E-state index in [1.807, 2.05) is 6.07 Å². The molecule has 9 heteroatoms. The minimum absolute atomic E-state index is 0.130. The Balaban J connectivity index is 2.24. The number of nitro benzene ring substituents is 1. The normalized spacial score (nSPS) is 11.7. The largest absolute Gasteiger partial charge is 0.416 e. The van der Waals surface area contributed by atoms with Crippen molar-refractivity contribution in [2.24, 2.45) is 5.10 Å². The molecule has 0 saturated carbocycles. The lowest BCUT2D eigenvalue weighted by Gasteiger charge is -2.08. The number of hydrazone groups is 1. The van der Waals surface area contributed by atoms with Gasteiger partial charge in [0.05, 0.1) is 16.7 Å². The van der Waals surface area contributed by atoms with E-state index in [9.17, 15) is 23.3 Å². The molecule has 5 nitrogen and oxygen atoms in total. The van der Waals surface area contributed by atoms with E-state index in [1.165, 1.54) is 6.21 Å². The predicted molar refractivity (Wildman–Crippen MR) is 83.5 cm³/mol. The maximum absolute atomic E-state index is 12.6. The number of hydrogen-bond donors (Lipinski definition) is 1. The highest BCUT2D eigenvalue weighted by Gasteiger charge is 2.33. The van der Waals surface area contributed by atoms with Gasteiger partial charge < -0.3 is 0 Å². The minimum atomic E-state index is -4.65. The average Bonchev–Trinajstić information content (AvgIpc) is 2.46. The number of nitro groups is 1. The molecule has 2 aromatic rings. The molecule has 0 fully saturated rings. The summed E-state index contributed by atoms with van der Waals surface area (Å²) in [6.45, 7) is 0. The maximum atomic E-state index is 12.6. The molecule has 1 N–H and O–H groups in total. The molecular formula is C14H9BrF3N3O2. The van der Waals surface area contributed by atoms with Crippen LogP contribution in [-0.4, -0.2) is 11.1 Å². The number of rotatable bonds is 4. The van der Waals surface area contributed by atoms with Gasteiger partial charge in [0, 0.05) is 10.5 Å². The van der Waals surface area contributed by atoms with Gasteiger partial charge in [-0.15, -0.1) is 0 Å². The molecule has 0 saturated heterocycles. The van der Waals surface area contributed by atoms with E-state index in [4.69, 9.17) is 0 Å². The number of anilines is 1. The van der Waals surface area contributed by atoms with Crippen LogP contribution in [0.3, 0.4) is 0 Å². The molecule has 0 radical (unpaired) electrons. The molecule has 2 rings (SSSR count). The van der Waals surface area contributed by atoms with Crippen LogP contribution in [0.15, 0.2) is 52.0 Å². The lowest BCUT2D eigenvalue weighted by atomic mass is 10.1. The fraction of sp³-hybridized carbons (Fsp3) is 0.0714. The molecule has 0 bridgehead atoms. The van der Waals surface area contributed by atoms with Gasteiger partial charge in [-0.25, -0.2) is 0 Å². The molecule has 0 heterocycles. The first-order valence-electron chi connectivity index (χ1n) is 6.17. The Kier molecular flexibility index (Phi) is 4.99. The topological polar surface area (TPSA) is 67.5 Å². The molecule has 0 aliphatic rings. The van der Waals surface area contributed by atoms with Crippen molar-refractivity contribution < 1.29 is 18.1 Å². The van der Waals surface area contributed by atoms with E-state index < -0.39 is 22.4 Å². The summed E-state index contributed by atoms with van der Waals surface area (Å²) in [5, 5.41) is 14.7. The number of hydrogen-bond acceptors (Lipinski definition) is 4. The third-order valence-electron chi connectivity index (χ3n) is 2.77. The van der Waals surface area contributed by atoms with Crippen LogP contribution < -0.4 is 5.43 Å². The van der Waals surface area contributed by atoms with Gasteiger partial charge in [0.15, 0.2) is 0 Å². The summed E-state index contributed by atoms with van der Waals surface area (Å²) in [6, 6.07) is 9.28. The lowest BCUT2D eigenvalue weighted by molar-refractivity contribution is -0.384. The Morgan fingerprint density at radius 1 is 1.22 bits per heavy atom. The molecular weight excluding hydrogens is 379 g/mol. The Labute approximate surface area is 137 Å². The minimum Gasteiger partial charge on any atom is -0.272 e. The first kappa shape index (κ1) is 16.9. The van der Waals surface area contributed by atoms with Crippen LogP contribution in [0.1, 0.15) is 11.1 Å². The predicted octanol–water partition coefficient (Wildman–Crippen LogP) is 4.82. The summed E-state index contributed by atoms with van der Waals surface area (Å²) in [6.07, 6.45) is -3.25. The number of benzene rings is 2. The first-order valence-corrected chi connectivity index (χ1v) is 6.97. The standard InChI is InChI=1S/C14H9BrF3N3O2/c15-11-3-1-2-9(6-11)8-19-20-12-5-4-10(14(16,17)18)7-13(12)21(22)23/h1-8,20H/b19-8-. The number of alkyl halides is 3. The first-order chi connectivity index (χ1) is 10.8. The van der Waals surface area contributed by atoms with Crippen LogP contribution in [0.25, 0.3) is 0 Å². The highest BCUT2D eigenvalue weighted by Crippen LogP contribution is 2.34. The smallest absolute Gasteiger partial charge is 0.272 e. The van der Waals surface area contributed by atoms with Crippen LogP contribution in [0.5, 0.6) is 0 Å². The van der Waals surface area contributed by atoms with Crippen molar-refractivity contribution in [1.29, 1.82) is 0 Å². The second kappa shape index (κ2) is 6.78. The van der Waals surface area contributed by atoms with Crippen molar-refractivity contribution in [1.82, 2.24) is 0 Å². The van der Waals surface area contributed by atoms with Gasteiger partial charge in [-0.1, -0.05) is 28.1 Å². The van der Waals surface area contributed by atoms with Crippen LogP contribution in [-0.2, 0) is 6.18 Å². The van der Waals surface area contributed by atoms with Crippen molar-refractivity contribution in [3.63, 3.8) is 0 Å². The molecule has 0 aromatic heterocycles. The Morgan fingerprint density at radius 3 is 2.57 bits per heavy atom. The molecule has 23 heavy (non-hydrogen) atoms. The highest BCUT2D eigenvalue weighted by molar-refractivity contribution is 9.10. The SMILES string of the molecule is O=[N+]([O-])c1cc(C(F)(F)F)ccc1N/N=C\c1cccc(Br)c1. The van der Waals surface area contributed by atoms with E-state index in [1.54, 1.807) is 18.2 Å². The fourth-order valence-corrected chi connectivity index (χ4v) is 2.13. The van der Waals surface area contributed by atoms with Crippen LogP contribution in [0, 0.1) is 10.1 Å². The third kappa shape index (κ3) is 4.52. The summed E-state index contributed by atoms with van der Waals surface area (Å²) in [5.41, 5.74) is 1.17. The summed E-state index contributed by atoms with van der Waals surface area (Å²) in [4.78, 5) is 10.0. The Bertz CT molecular complexity index is 763. The third-order valence-corrected chi connectivity index (χ3v) is 3.26. The molecule has 0 amide bonds. The van der Waals surface area contributed by atoms with E-state index in [0.29, 0.717) is 11.6 Å². The number of nitrogens with zero attached hydrogens (tertiary/aromatic N) is 2. The van der Waals surface area contributed by atoms with Crippen molar-refractivity contribution in [2.45, 2.75) is 6.18 Å². The van der Waals surface area contributed by atoms with Crippen molar-refractivity contribution in [3.8, 4) is 0 Å². The second-order valence-corrected chi connectivity index (χ2v) is 5.33. The van der Waals surface area contributed by atoms with E-state index in [2.05, 4.69) is 26.5 Å². The van der Waals surface area contributed by atoms with Gasteiger partial charge in [0.2, 0.25) is 0 Å². The number of halogens is 4. The van der Waals surface area contributed by atoms with Crippen LogP contribution >= 0.6 is 15.9 Å². The van der Waals surface area contributed by atoms with Gasteiger partial charge >= 0.3 is 6.18 Å². The van der Waals surface area contributed by atoms with E-state index in [-0.39, 0.29) is 5.69 Å². The van der Waals surface area contributed by atoms with Crippen molar-refractivity contribution in [2.75, 3.05) is 5.43 Å². The summed E-state index contributed by atoms with van der Waals surface area (Å²) < 4.78 is 38.6. The second-order valence-electron chi connectivity index (χ2n) is 4.41. The van der Waals surface area contributed by atoms with Crippen molar-refractivity contribution in [3.05, 3.63) is 68.2 Å². The molecule has 0 aliphatic carbocycles. The summed E-state index contributed by atoms with van der Waals surface area (Å²) in [5.74, 6) is 0. The average molecular weight is 388 g/mol. The van der Waals surface area contributed by atoms with Gasteiger partial charge in [-0.3, -0.25) is 15.5 Å².